The van der Waals surface area contributed by atoms with Crippen molar-refractivity contribution in [2.45, 2.75) is 13.8 Å². The first-order valence-electron chi connectivity index (χ1n) is 4.28. The monoisotopic (exact) mass is 209 g/mol. The van der Waals surface area contributed by atoms with Crippen molar-refractivity contribution >= 4 is 23.5 Å². The fourth-order valence-electron chi connectivity index (χ4n) is 1.03. The molecule has 0 unspecified atom stereocenters. The van der Waals surface area contributed by atoms with Crippen molar-refractivity contribution in [3.8, 4) is 0 Å². The molecule has 0 bridgehead atoms. The normalized spacial score (nSPS) is 10.8. The van der Waals surface area contributed by atoms with Crippen molar-refractivity contribution < 1.29 is 0 Å². The molecule has 0 spiro atoms. The van der Waals surface area contributed by atoms with Crippen LogP contribution < -0.4 is 0 Å². The van der Waals surface area contributed by atoms with Crippen LogP contribution >= 0.6 is 11.6 Å². The van der Waals surface area contributed by atoms with Crippen molar-refractivity contribution in [3.05, 3.63) is 28.3 Å². The van der Waals surface area contributed by atoms with Gasteiger partial charge in [-0.25, -0.2) is 0 Å². The van der Waals surface area contributed by atoms with E-state index in [0.29, 0.717) is 6.54 Å². The fraction of sp³-hybridized carbons (Fsp3) is 0.300. The highest BCUT2D eigenvalue weighted by atomic mass is 35.5. The molecular weight excluding hydrogens is 198 g/mol. The van der Waals surface area contributed by atoms with Crippen LogP contribution in [0.25, 0.3) is 0 Å². The Morgan fingerprint density at radius 3 is 2.71 bits per heavy atom. The minimum atomic E-state index is 0.321. The maximum absolute atomic E-state index is 6.80. The van der Waals surface area contributed by atoms with Crippen LogP contribution in [0.4, 0.5) is 5.69 Å². The lowest BCUT2D eigenvalue weighted by Gasteiger charge is -2.02. The van der Waals surface area contributed by atoms with Crippen LogP contribution in [0, 0.1) is 19.3 Å². The molecule has 0 saturated heterocycles. The van der Waals surface area contributed by atoms with Crippen LogP contribution in [-0.2, 0) is 0 Å². The number of hydrogen-bond donors (Lipinski definition) is 1. The highest BCUT2D eigenvalue weighted by Gasteiger charge is 2.01. The Morgan fingerprint density at radius 2 is 2.07 bits per heavy atom. The van der Waals surface area contributed by atoms with Crippen LogP contribution in [0.1, 0.15) is 11.1 Å². The Bertz CT molecular complexity index is 372. The molecule has 0 fully saturated rings. The average Bonchev–Trinajstić information content (AvgIpc) is 2.14. The summed E-state index contributed by atoms with van der Waals surface area (Å²) in [6.45, 7) is 4.18. The van der Waals surface area contributed by atoms with Crippen LogP contribution in [0.2, 0.25) is 5.02 Å². The van der Waals surface area contributed by atoms with Gasteiger partial charge >= 0.3 is 0 Å². The lowest BCUT2D eigenvalue weighted by molar-refractivity contribution is 1.09. The van der Waals surface area contributed by atoms with Gasteiger partial charge < -0.3 is 5.41 Å². The van der Waals surface area contributed by atoms with Gasteiger partial charge in [0.15, 0.2) is 0 Å². The summed E-state index contributed by atoms with van der Waals surface area (Å²) in [4.78, 5) is 0. The molecule has 1 rings (SSSR count). The molecule has 0 saturated carbocycles. The van der Waals surface area contributed by atoms with Gasteiger partial charge in [-0.1, -0.05) is 11.6 Å². The molecule has 4 heteroatoms. The number of nitrogens with zero attached hydrogens (tertiary/aromatic N) is 2. The minimum absolute atomic E-state index is 0.321. The molecule has 1 aromatic carbocycles. The molecular formula is C10H12ClN3. The zero-order valence-electron chi connectivity index (χ0n) is 8.21. The van der Waals surface area contributed by atoms with Gasteiger partial charge in [0.2, 0.25) is 0 Å². The number of benzene rings is 1. The van der Waals surface area contributed by atoms with Crippen molar-refractivity contribution in [3.63, 3.8) is 0 Å². The van der Waals surface area contributed by atoms with Gasteiger partial charge in [0, 0.05) is 11.2 Å². The van der Waals surface area contributed by atoms with E-state index in [2.05, 4.69) is 10.2 Å². The number of hydrogen-bond acceptors (Lipinski definition) is 3. The third kappa shape index (κ3) is 2.64. The molecule has 0 aromatic heterocycles. The largest absolute Gasteiger partial charge is 0.311 e. The molecule has 1 aromatic rings. The molecule has 0 aliphatic heterocycles. The van der Waals surface area contributed by atoms with Crippen molar-refractivity contribution in [1.82, 2.24) is 0 Å². The molecule has 0 heterocycles. The second-order valence-corrected chi connectivity index (χ2v) is 3.42. The first-order valence-corrected chi connectivity index (χ1v) is 4.66. The molecule has 74 valence electrons. The average molecular weight is 210 g/mol. The Hall–Kier alpha value is -1.22. The van der Waals surface area contributed by atoms with E-state index in [1.54, 1.807) is 0 Å². The molecule has 0 aliphatic carbocycles. The van der Waals surface area contributed by atoms with E-state index in [0.717, 1.165) is 21.8 Å². The first kappa shape index (κ1) is 10.9. The zero-order valence-corrected chi connectivity index (χ0v) is 8.97. The summed E-state index contributed by atoms with van der Waals surface area (Å²) in [5.74, 6) is 0. The summed E-state index contributed by atoms with van der Waals surface area (Å²) in [5.41, 5.74) is 2.80. The lowest BCUT2D eigenvalue weighted by atomic mass is 10.1. The maximum atomic E-state index is 6.80. The second kappa shape index (κ2) is 4.86. The predicted octanol–water partition coefficient (Wildman–Crippen LogP) is 3.69. The highest BCUT2D eigenvalue weighted by molar-refractivity contribution is 6.31. The van der Waals surface area contributed by atoms with Gasteiger partial charge in [-0.3, -0.25) is 0 Å². The lowest BCUT2D eigenvalue weighted by Crippen LogP contribution is -1.81. The Balaban J connectivity index is 2.97. The molecule has 3 nitrogen and oxygen atoms in total. The third-order valence-electron chi connectivity index (χ3n) is 1.83. The predicted molar refractivity (Wildman–Crippen MR) is 59.1 cm³/mol. The van der Waals surface area contributed by atoms with Crippen molar-refractivity contribution in [2.75, 3.05) is 6.54 Å². The zero-order chi connectivity index (χ0) is 10.6. The molecule has 0 radical (unpaired) electrons. The fourth-order valence-corrected chi connectivity index (χ4v) is 1.25. The summed E-state index contributed by atoms with van der Waals surface area (Å²) in [7, 11) is 0. The van der Waals surface area contributed by atoms with Crippen molar-refractivity contribution in [1.29, 1.82) is 5.41 Å². The summed E-state index contributed by atoms with van der Waals surface area (Å²) < 4.78 is 0. The summed E-state index contributed by atoms with van der Waals surface area (Å²) in [5, 5.41) is 15.4. The third-order valence-corrected chi connectivity index (χ3v) is 2.24. The smallest absolute Gasteiger partial charge is 0.0948 e. The SMILES string of the molecule is Cc1cc(N=NCC=N)c(C)cc1Cl. The molecule has 14 heavy (non-hydrogen) atoms. The van der Waals surface area contributed by atoms with Crippen molar-refractivity contribution in [2.24, 2.45) is 10.2 Å². The van der Waals surface area contributed by atoms with E-state index in [4.69, 9.17) is 17.0 Å². The maximum Gasteiger partial charge on any atom is 0.0948 e. The van der Waals surface area contributed by atoms with Gasteiger partial charge in [-0.2, -0.15) is 10.2 Å². The number of aryl methyl sites for hydroxylation is 2. The summed E-state index contributed by atoms with van der Waals surface area (Å²) >= 11 is 5.94. The van der Waals surface area contributed by atoms with Gasteiger partial charge in [0.1, 0.15) is 0 Å². The number of rotatable bonds is 3. The van der Waals surface area contributed by atoms with E-state index < -0.39 is 0 Å². The van der Waals surface area contributed by atoms with Gasteiger partial charge in [-0.05, 0) is 37.1 Å². The Kier molecular flexibility index (Phi) is 3.77. The molecule has 1 N–H and O–H groups in total. The van der Waals surface area contributed by atoms with Crippen LogP contribution in [0.15, 0.2) is 22.4 Å². The minimum Gasteiger partial charge on any atom is -0.311 e. The highest BCUT2D eigenvalue weighted by Crippen LogP contribution is 2.26. The van der Waals surface area contributed by atoms with Crippen LogP contribution in [0.3, 0.4) is 0 Å². The number of halogens is 1. The van der Waals surface area contributed by atoms with Crippen LogP contribution in [-0.4, -0.2) is 12.8 Å². The second-order valence-electron chi connectivity index (χ2n) is 3.02. The van der Waals surface area contributed by atoms with Gasteiger partial charge in [-0.15, -0.1) is 0 Å². The Labute approximate surface area is 88.3 Å². The molecule has 0 aliphatic rings. The van der Waals surface area contributed by atoms with E-state index in [-0.39, 0.29) is 0 Å². The topological polar surface area (TPSA) is 48.6 Å². The summed E-state index contributed by atoms with van der Waals surface area (Å²) in [6.07, 6.45) is 1.21. The van der Waals surface area contributed by atoms with E-state index in [1.807, 2.05) is 26.0 Å². The van der Waals surface area contributed by atoms with E-state index >= 15 is 0 Å². The van der Waals surface area contributed by atoms with Gasteiger partial charge in [0.05, 0.1) is 12.2 Å². The Morgan fingerprint density at radius 1 is 1.36 bits per heavy atom. The van der Waals surface area contributed by atoms with Crippen LogP contribution in [0.5, 0.6) is 0 Å². The molecule has 0 amide bonds. The van der Waals surface area contributed by atoms with E-state index in [9.17, 15) is 0 Å². The molecule has 0 atom stereocenters. The van der Waals surface area contributed by atoms with E-state index in [1.165, 1.54) is 6.21 Å². The number of nitrogens with one attached hydrogen (secondary N) is 1. The standard InChI is InChI=1S/C10H12ClN3/c1-7-6-10(14-13-4-3-12)8(2)5-9(7)11/h3,5-6,12H,4H2,1-2H3. The first-order chi connectivity index (χ1) is 6.65. The quantitative estimate of drug-likeness (QED) is 0.583. The van der Waals surface area contributed by atoms with Gasteiger partial charge in [0.25, 0.3) is 0 Å². The number of azo groups is 1. The summed E-state index contributed by atoms with van der Waals surface area (Å²) in [6, 6.07) is 3.76.